The number of rotatable bonds is 7. The van der Waals surface area contributed by atoms with Gasteiger partial charge in [0.15, 0.2) is 0 Å². The second kappa shape index (κ2) is 9.80. The average Bonchev–Trinajstić information content (AvgIpc) is 2.73. The predicted molar refractivity (Wildman–Crippen MR) is 141 cm³/mol. The Morgan fingerprint density at radius 2 is 1.06 bits per heavy atom. The highest BCUT2D eigenvalue weighted by Gasteiger charge is 2.31. The summed E-state index contributed by atoms with van der Waals surface area (Å²) < 4.78 is 15.2. The van der Waals surface area contributed by atoms with Gasteiger partial charge in [-0.2, -0.15) is 0 Å². The molecule has 0 N–H and O–H groups in total. The molecule has 0 fully saturated rings. The van der Waals surface area contributed by atoms with Crippen molar-refractivity contribution in [2.45, 2.75) is 80.6 Å². The first-order valence-electron chi connectivity index (χ1n) is 11.9. The molecule has 0 aliphatic rings. The molecule has 0 aliphatic heterocycles. The number of hydrogen-bond acceptors (Lipinski definition) is 1. The normalized spacial score (nSPS) is 11.8. The zero-order valence-electron chi connectivity index (χ0n) is 21.2. The molecule has 0 bridgehead atoms. The van der Waals surface area contributed by atoms with Gasteiger partial charge in [0.2, 0.25) is 0 Å². The van der Waals surface area contributed by atoms with Gasteiger partial charge >= 0.3 is 0 Å². The molecule has 3 aromatic carbocycles. The van der Waals surface area contributed by atoms with Gasteiger partial charge in [-0.15, -0.1) is 0 Å². The van der Waals surface area contributed by atoms with Crippen LogP contribution in [0, 0.1) is 41.5 Å². The van der Waals surface area contributed by atoms with Crippen LogP contribution < -0.4 is 5.30 Å². The molecule has 0 aromatic heterocycles. The van der Waals surface area contributed by atoms with Gasteiger partial charge in [0.1, 0.15) is 7.14 Å². The van der Waals surface area contributed by atoms with Crippen LogP contribution in [0.2, 0.25) is 0 Å². The van der Waals surface area contributed by atoms with E-state index in [0.29, 0.717) is 12.3 Å². The largest absolute Gasteiger partial charge is 0.318 e. The predicted octanol–water partition coefficient (Wildman–Crippen LogP) is 8.05. The summed E-state index contributed by atoms with van der Waals surface area (Å²) in [7, 11) is -2.75. The Morgan fingerprint density at radius 1 is 0.625 bits per heavy atom. The Labute approximate surface area is 195 Å². The van der Waals surface area contributed by atoms with Crippen molar-refractivity contribution in [2.75, 3.05) is 0 Å². The highest BCUT2D eigenvalue weighted by atomic mass is 31.2. The molecule has 3 rings (SSSR count). The lowest BCUT2D eigenvalue weighted by Crippen LogP contribution is -2.17. The van der Waals surface area contributed by atoms with Crippen molar-refractivity contribution in [3.63, 3.8) is 0 Å². The van der Waals surface area contributed by atoms with Crippen LogP contribution in [-0.4, -0.2) is 0 Å². The Bertz CT molecular complexity index is 1080. The summed E-state index contributed by atoms with van der Waals surface area (Å²) in [4.78, 5) is 0. The van der Waals surface area contributed by atoms with E-state index in [-0.39, 0.29) is 0 Å². The molecule has 0 unspecified atom stereocenters. The molecule has 0 heterocycles. The number of aryl methyl sites for hydroxylation is 8. The lowest BCUT2D eigenvalue weighted by Gasteiger charge is -2.26. The number of hydrogen-bond donors (Lipinski definition) is 0. The topological polar surface area (TPSA) is 17.1 Å². The van der Waals surface area contributed by atoms with E-state index in [9.17, 15) is 0 Å². The van der Waals surface area contributed by atoms with Gasteiger partial charge in [0.05, 0.1) is 0 Å². The summed E-state index contributed by atoms with van der Waals surface area (Å²) in [6.07, 6.45) is 3.11. The minimum Gasteiger partial charge on any atom is -0.318 e. The van der Waals surface area contributed by atoms with Crippen LogP contribution in [0.3, 0.4) is 0 Å². The molecule has 2 heteroatoms. The van der Waals surface area contributed by atoms with Crippen LogP contribution in [0.15, 0.2) is 42.5 Å². The molecule has 0 spiro atoms. The maximum atomic E-state index is 15.2. The van der Waals surface area contributed by atoms with Crippen LogP contribution >= 0.6 is 7.14 Å². The van der Waals surface area contributed by atoms with Crippen molar-refractivity contribution in [1.82, 2.24) is 0 Å². The monoisotopic (exact) mass is 446 g/mol. The smallest absolute Gasteiger partial charge is 0.124 e. The lowest BCUT2D eigenvalue weighted by atomic mass is 10.0. The standard InChI is InChI=1S/C30H39OP/c1-9-26-11-12-27(10-2)30(17-26)32(31,18-28-22(5)13-20(3)14-23(28)6)19-29-24(7)15-21(4)16-25(29)8/h11-17H,9-10,18-19H2,1-8H3. The first kappa shape index (κ1) is 24.5. The highest BCUT2D eigenvalue weighted by Crippen LogP contribution is 2.54. The van der Waals surface area contributed by atoms with Crippen LogP contribution in [0.5, 0.6) is 0 Å². The van der Waals surface area contributed by atoms with Crippen molar-refractivity contribution in [3.05, 3.63) is 98.1 Å². The van der Waals surface area contributed by atoms with Crippen LogP contribution in [0.25, 0.3) is 0 Å². The van der Waals surface area contributed by atoms with Gasteiger partial charge in [-0.3, -0.25) is 0 Å². The SMILES string of the molecule is CCc1ccc(CC)c(P(=O)(Cc2c(C)cc(C)cc2C)Cc2c(C)cc(C)cc2C)c1. The van der Waals surface area contributed by atoms with Gasteiger partial charge in [0.25, 0.3) is 0 Å². The zero-order chi connectivity index (χ0) is 23.6. The first-order valence-corrected chi connectivity index (χ1v) is 14.0. The van der Waals surface area contributed by atoms with E-state index in [1.807, 2.05) is 0 Å². The fraction of sp³-hybridized carbons (Fsp3) is 0.400. The van der Waals surface area contributed by atoms with Gasteiger partial charge in [0, 0.05) is 17.6 Å². The Morgan fingerprint density at radius 3 is 1.44 bits per heavy atom. The summed E-state index contributed by atoms with van der Waals surface area (Å²) >= 11 is 0. The fourth-order valence-electron chi connectivity index (χ4n) is 5.16. The quantitative estimate of drug-likeness (QED) is 0.336. The highest BCUT2D eigenvalue weighted by molar-refractivity contribution is 7.70. The second-order valence-corrected chi connectivity index (χ2v) is 12.5. The molecule has 32 heavy (non-hydrogen) atoms. The summed E-state index contributed by atoms with van der Waals surface area (Å²) in [5.74, 6) is 0. The van der Waals surface area contributed by atoms with Crippen LogP contribution in [0.1, 0.15) is 69.5 Å². The molecule has 1 nitrogen and oxygen atoms in total. The summed E-state index contributed by atoms with van der Waals surface area (Å²) in [6.45, 7) is 17.3. The summed E-state index contributed by atoms with van der Waals surface area (Å²) in [5.41, 5.74) is 12.6. The van der Waals surface area contributed by atoms with Gasteiger partial charge < -0.3 is 4.57 Å². The summed E-state index contributed by atoms with van der Waals surface area (Å²) in [6, 6.07) is 15.6. The third-order valence-electron chi connectivity index (χ3n) is 6.89. The van der Waals surface area contributed by atoms with Gasteiger partial charge in [-0.05, 0) is 105 Å². The van der Waals surface area contributed by atoms with Crippen molar-refractivity contribution < 1.29 is 4.57 Å². The second-order valence-electron chi connectivity index (χ2n) is 9.63. The van der Waals surface area contributed by atoms with E-state index in [1.165, 1.54) is 55.6 Å². The molecule has 0 radical (unpaired) electrons. The molecule has 3 aromatic rings. The van der Waals surface area contributed by atoms with Crippen molar-refractivity contribution >= 4 is 12.4 Å². The minimum atomic E-state index is -2.75. The third-order valence-corrected chi connectivity index (χ3v) is 9.83. The molecule has 0 saturated heterocycles. The van der Waals surface area contributed by atoms with Crippen molar-refractivity contribution in [3.8, 4) is 0 Å². The zero-order valence-corrected chi connectivity index (χ0v) is 22.1. The van der Waals surface area contributed by atoms with Crippen LogP contribution in [-0.2, 0) is 29.7 Å². The van der Waals surface area contributed by atoms with E-state index in [1.54, 1.807) is 0 Å². The van der Waals surface area contributed by atoms with E-state index in [0.717, 1.165) is 18.1 Å². The van der Waals surface area contributed by atoms with Gasteiger partial charge in [-0.25, -0.2) is 0 Å². The Hall–Kier alpha value is -2.11. The molecule has 0 atom stereocenters. The van der Waals surface area contributed by atoms with Crippen LogP contribution in [0.4, 0.5) is 0 Å². The average molecular weight is 447 g/mol. The molecule has 0 amide bonds. The van der Waals surface area contributed by atoms with Gasteiger partial charge in [-0.1, -0.05) is 61.4 Å². The van der Waals surface area contributed by atoms with E-state index in [2.05, 4.69) is 97.9 Å². The van der Waals surface area contributed by atoms with Crippen molar-refractivity contribution in [2.24, 2.45) is 0 Å². The molecule has 170 valence electrons. The molecule has 0 saturated carbocycles. The molecular formula is C30H39OP. The van der Waals surface area contributed by atoms with Crippen molar-refractivity contribution in [1.29, 1.82) is 0 Å². The minimum absolute atomic E-state index is 0.623. The summed E-state index contributed by atoms with van der Waals surface area (Å²) in [5, 5.41) is 1.10. The molecule has 0 aliphatic carbocycles. The first-order chi connectivity index (χ1) is 15.1. The van der Waals surface area contributed by atoms with E-state index in [4.69, 9.17) is 0 Å². The fourth-order valence-corrected chi connectivity index (χ4v) is 8.79. The Balaban J connectivity index is 2.24. The Kier molecular flexibility index (Phi) is 7.51. The maximum absolute atomic E-state index is 15.2. The van der Waals surface area contributed by atoms with E-state index >= 15 is 4.57 Å². The third kappa shape index (κ3) is 5.10. The van der Waals surface area contributed by atoms with E-state index < -0.39 is 7.14 Å². The molecular weight excluding hydrogens is 407 g/mol. The maximum Gasteiger partial charge on any atom is 0.124 e. The lowest BCUT2D eigenvalue weighted by molar-refractivity contribution is 0.579. The number of benzene rings is 3.